The lowest BCUT2D eigenvalue weighted by atomic mass is 10.1. The smallest absolute Gasteiger partial charge is 0.329 e. The topological polar surface area (TPSA) is 81.5 Å². The number of rotatable bonds is 6. The predicted molar refractivity (Wildman–Crippen MR) is 155 cm³/mol. The number of hydrogen-bond donors (Lipinski definition) is 0. The van der Waals surface area contributed by atoms with E-state index in [4.69, 9.17) is 9.72 Å². The minimum Gasteiger partial charge on any atom is -0.458 e. The largest absolute Gasteiger partial charge is 0.458 e. The minimum absolute atomic E-state index is 0.136. The van der Waals surface area contributed by atoms with Crippen molar-refractivity contribution in [3.63, 3.8) is 0 Å². The molecular formula is C31H33N3O4S. The van der Waals surface area contributed by atoms with Crippen molar-refractivity contribution in [1.82, 2.24) is 14.5 Å². The minimum atomic E-state index is -0.683. The molecule has 2 heterocycles. The molecule has 1 aliphatic heterocycles. The Balaban J connectivity index is 1.56. The molecule has 2 atom stereocenters. The van der Waals surface area contributed by atoms with Crippen molar-refractivity contribution < 1.29 is 14.3 Å². The summed E-state index contributed by atoms with van der Waals surface area (Å²) >= 11 is 1.26. The number of ether oxygens (including phenoxy) is 1. The fraction of sp³-hybridized carbons (Fsp3) is 0.355. The Morgan fingerprint density at radius 2 is 1.72 bits per heavy atom. The highest BCUT2D eigenvalue weighted by Crippen LogP contribution is 2.38. The molecule has 0 aliphatic carbocycles. The van der Waals surface area contributed by atoms with Gasteiger partial charge in [0.1, 0.15) is 16.9 Å². The van der Waals surface area contributed by atoms with Crippen LogP contribution in [0.4, 0.5) is 0 Å². The van der Waals surface area contributed by atoms with Crippen molar-refractivity contribution in [2.45, 2.75) is 69.1 Å². The maximum Gasteiger partial charge on any atom is 0.329 e. The van der Waals surface area contributed by atoms with Crippen molar-refractivity contribution in [2.75, 3.05) is 6.54 Å². The number of likely N-dealkylation sites (tertiary alicyclic amines) is 1. The van der Waals surface area contributed by atoms with Gasteiger partial charge in [-0.05, 0) is 69.0 Å². The van der Waals surface area contributed by atoms with Gasteiger partial charge >= 0.3 is 5.97 Å². The van der Waals surface area contributed by atoms with Crippen molar-refractivity contribution in [3.8, 4) is 0 Å². The summed E-state index contributed by atoms with van der Waals surface area (Å²) in [5.74, 6) is -0.568. The van der Waals surface area contributed by atoms with Crippen molar-refractivity contribution in [2.24, 2.45) is 0 Å². The van der Waals surface area contributed by atoms with Crippen LogP contribution < -0.4 is 5.56 Å². The van der Waals surface area contributed by atoms with Crippen LogP contribution in [0.5, 0.6) is 0 Å². The molecule has 4 aromatic rings. The lowest BCUT2D eigenvalue weighted by molar-refractivity contribution is -0.163. The Bertz CT molecular complexity index is 1590. The summed E-state index contributed by atoms with van der Waals surface area (Å²) in [5.41, 5.74) is 0.608. The highest BCUT2D eigenvalue weighted by Gasteiger charge is 2.40. The van der Waals surface area contributed by atoms with Crippen molar-refractivity contribution in [3.05, 3.63) is 82.6 Å². The van der Waals surface area contributed by atoms with Gasteiger partial charge in [-0.3, -0.25) is 14.2 Å². The van der Waals surface area contributed by atoms with Gasteiger partial charge in [-0.1, -0.05) is 66.4 Å². The number of thioether (sulfide) groups is 1. The first kappa shape index (κ1) is 26.9. The summed E-state index contributed by atoms with van der Waals surface area (Å²) in [6.07, 6.45) is 1.29. The van der Waals surface area contributed by atoms with Crippen LogP contribution in [0.15, 0.2) is 76.7 Å². The van der Waals surface area contributed by atoms with Gasteiger partial charge in [-0.2, -0.15) is 0 Å². The number of amides is 1. The number of aromatic nitrogens is 2. The number of hydrogen-bond acceptors (Lipinski definition) is 6. The molecule has 1 aliphatic rings. The average Bonchev–Trinajstić information content (AvgIpc) is 3.41. The quantitative estimate of drug-likeness (QED) is 0.134. The highest BCUT2D eigenvalue weighted by atomic mass is 32.2. The van der Waals surface area contributed by atoms with Crippen LogP contribution in [0, 0.1) is 0 Å². The van der Waals surface area contributed by atoms with Crippen LogP contribution in [0.2, 0.25) is 0 Å². The zero-order chi connectivity index (χ0) is 27.7. The predicted octanol–water partition coefficient (Wildman–Crippen LogP) is 5.74. The van der Waals surface area contributed by atoms with Crippen LogP contribution >= 0.6 is 11.8 Å². The van der Waals surface area contributed by atoms with E-state index in [1.807, 2.05) is 94.4 Å². The monoisotopic (exact) mass is 543 g/mol. The highest BCUT2D eigenvalue weighted by molar-refractivity contribution is 8.00. The Kier molecular flexibility index (Phi) is 7.49. The van der Waals surface area contributed by atoms with E-state index in [1.54, 1.807) is 9.47 Å². The fourth-order valence-corrected chi connectivity index (χ4v) is 6.28. The molecule has 202 valence electrons. The van der Waals surface area contributed by atoms with Crippen LogP contribution in [0.25, 0.3) is 21.7 Å². The van der Waals surface area contributed by atoms with Gasteiger partial charge in [0, 0.05) is 13.1 Å². The van der Waals surface area contributed by atoms with Crippen molar-refractivity contribution in [1.29, 1.82) is 0 Å². The van der Waals surface area contributed by atoms with Gasteiger partial charge < -0.3 is 9.64 Å². The van der Waals surface area contributed by atoms with E-state index in [0.717, 1.165) is 22.8 Å². The van der Waals surface area contributed by atoms with E-state index in [0.29, 0.717) is 35.6 Å². The van der Waals surface area contributed by atoms with E-state index < -0.39 is 16.9 Å². The molecule has 7 nitrogen and oxygen atoms in total. The molecule has 1 fully saturated rings. The molecule has 0 spiro atoms. The summed E-state index contributed by atoms with van der Waals surface area (Å²) in [7, 11) is 0. The van der Waals surface area contributed by atoms with Gasteiger partial charge in [0.2, 0.25) is 5.91 Å². The first-order valence-electron chi connectivity index (χ1n) is 13.3. The number of esters is 1. The summed E-state index contributed by atoms with van der Waals surface area (Å²) < 4.78 is 7.27. The zero-order valence-corrected chi connectivity index (χ0v) is 23.5. The molecule has 39 heavy (non-hydrogen) atoms. The standard InChI is InChI=1S/C31H33N3O4S/c1-5-33-27(35)23-18-21-14-9-10-15-22(21)19-24(23)32-30(33)39-26(20-12-7-6-8-13-20)28(36)34-17-11-16-25(34)29(37)38-31(2,3)4/h6-10,12-15,18-19,25-26H,5,11,16-17H2,1-4H3/t25-,26?/m1/s1. The molecule has 1 unspecified atom stereocenters. The third-order valence-electron chi connectivity index (χ3n) is 6.87. The molecular weight excluding hydrogens is 510 g/mol. The van der Waals surface area contributed by atoms with E-state index in [-0.39, 0.29) is 17.4 Å². The molecule has 8 heteroatoms. The molecule has 1 amide bonds. The SMILES string of the molecule is CCn1c(SC(C(=O)N2CCC[C@@H]2C(=O)OC(C)(C)C)c2ccccc2)nc2cc3ccccc3cc2c1=O. The number of carbonyl (C=O) groups excluding carboxylic acids is 2. The lowest BCUT2D eigenvalue weighted by Gasteiger charge is -2.30. The summed E-state index contributed by atoms with van der Waals surface area (Å²) in [6, 6.07) is 20.5. The van der Waals surface area contributed by atoms with Crippen LogP contribution in [0.1, 0.15) is 51.3 Å². The van der Waals surface area contributed by atoms with Gasteiger partial charge in [0.15, 0.2) is 5.16 Å². The number of benzene rings is 3. The number of carbonyl (C=O) groups is 2. The Labute approximate surface area is 232 Å². The molecule has 0 radical (unpaired) electrons. The second-order valence-corrected chi connectivity index (χ2v) is 11.9. The number of fused-ring (bicyclic) bond motifs is 2. The second kappa shape index (κ2) is 10.8. The Hall–Kier alpha value is -3.65. The molecule has 0 saturated carbocycles. The van der Waals surface area contributed by atoms with Gasteiger partial charge in [0.05, 0.1) is 10.9 Å². The van der Waals surface area contributed by atoms with Gasteiger partial charge in [-0.15, -0.1) is 0 Å². The molecule has 0 bridgehead atoms. The Morgan fingerprint density at radius 1 is 1.05 bits per heavy atom. The van der Waals surface area contributed by atoms with E-state index in [2.05, 4.69) is 0 Å². The van der Waals surface area contributed by atoms with Gasteiger partial charge in [0.25, 0.3) is 5.56 Å². The maximum absolute atomic E-state index is 14.1. The first-order valence-corrected chi connectivity index (χ1v) is 14.2. The lowest BCUT2D eigenvalue weighted by Crippen LogP contribution is -2.45. The van der Waals surface area contributed by atoms with E-state index in [9.17, 15) is 14.4 Å². The summed E-state index contributed by atoms with van der Waals surface area (Å²) in [6.45, 7) is 8.27. The molecule has 5 rings (SSSR count). The summed E-state index contributed by atoms with van der Waals surface area (Å²) in [4.78, 5) is 47.3. The van der Waals surface area contributed by atoms with Crippen LogP contribution in [0.3, 0.4) is 0 Å². The molecule has 0 N–H and O–H groups in total. The Morgan fingerprint density at radius 3 is 2.38 bits per heavy atom. The number of nitrogens with zero attached hydrogens (tertiary/aromatic N) is 3. The molecule has 1 saturated heterocycles. The van der Waals surface area contributed by atoms with Crippen LogP contribution in [-0.2, 0) is 20.9 Å². The first-order chi connectivity index (χ1) is 18.7. The average molecular weight is 544 g/mol. The molecule has 3 aromatic carbocycles. The fourth-order valence-electron chi connectivity index (χ4n) is 5.05. The van der Waals surface area contributed by atoms with Crippen molar-refractivity contribution >= 4 is 45.3 Å². The van der Waals surface area contributed by atoms with Gasteiger partial charge in [-0.25, -0.2) is 9.78 Å². The second-order valence-electron chi connectivity index (χ2n) is 10.8. The van der Waals surface area contributed by atoms with E-state index >= 15 is 0 Å². The third kappa shape index (κ3) is 5.57. The van der Waals surface area contributed by atoms with E-state index in [1.165, 1.54) is 11.8 Å². The maximum atomic E-state index is 14.1. The normalized spacial score (nSPS) is 16.5. The molecule has 1 aromatic heterocycles. The zero-order valence-electron chi connectivity index (χ0n) is 22.7. The third-order valence-corrected chi connectivity index (χ3v) is 8.10. The van der Waals surface area contributed by atoms with Crippen LogP contribution in [-0.4, -0.2) is 44.5 Å². The summed E-state index contributed by atoms with van der Waals surface area (Å²) in [5, 5.41) is 2.31.